The van der Waals surface area contributed by atoms with Crippen molar-refractivity contribution in [1.82, 2.24) is 0 Å². The van der Waals surface area contributed by atoms with Gasteiger partial charge < -0.3 is 5.32 Å². The summed E-state index contributed by atoms with van der Waals surface area (Å²) in [7, 11) is 0. The van der Waals surface area contributed by atoms with Crippen LogP contribution in [0.15, 0.2) is 48.5 Å². The Bertz CT molecular complexity index is 474. The molecule has 0 radical (unpaired) electrons. The lowest BCUT2D eigenvalue weighted by molar-refractivity contribution is 1.04. The van der Waals surface area contributed by atoms with E-state index in [0.717, 1.165) is 18.5 Å². The van der Waals surface area contributed by atoms with Crippen molar-refractivity contribution in [1.29, 1.82) is 0 Å². The summed E-state index contributed by atoms with van der Waals surface area (Å²) >= 11 is 0. The molecule has 0 fully saturated rings. The highest BCUT2D eigenvalue weighted by atomic mass is 14.9. The fourth-order valence-electron chi connectivity index (χ4n) is 2.18. The van der Waals surface area contributed by atoms with Crippen LogP contribution >= 0.6 is 0 Å². The van der Waals surface area contributed by atoms with Crippen LogP contribution in [-0.2, 0) is 12.8 Å². The Morgan fingerprint density at radius 1 is 0.824 bits per heavy atom. The van der Waals surface area contributed by atoms with E-state index in [1.54, 1.807) is 0 Å². The van der Waals surface area contributed by atoms with Gasteiger partial charge >= 0.3 is 0 Å². The van der Waals surface area contributed by atoms with E-state index in [-0.39, 0.29) is 0 Å². The molecule has 0 aliphatic rings. The van der Waals surface area contributed by atoms with Crippen molar-refractivity contribution in [2.75, 3.05) is 5.32 Å². The second kappa shape index (κ2) is 5.53. The first kappa shape index (κ1) is 11.7. The maximum Gasteiger partial charge on any atom is 0.0419 e. The number of benzene rings is 2. The Labute approximate surface area is 103 Å². The third-order valence-electron chi connectivity index (χ3n) is 3.06. The van der Waals surface area contributed by atoms with Gasteiger partial charge in [0.1, 0.15) is 0 Å². The zero-order valence-electron chi connectivity index (χ0n) is 10.5. The highest BCUT2D eigenvalue weighted by Gasteiger charge is 2.05. The van der Waals surface area contributed by atoms with Crippen LogP contribution in [0, 0.1) is 0 Å². The van der Waals surface area contributed by atoms with Crippen LogP contribution in [0.2, 0.25) is 0 Å². The van der Waals surface area contributed by atoms with Gasteiger partial charge in [-0.05, 0) is 42.2 Å². The van der Waals surface area contributed by atoms with E-state index in [1.807, 2.05) is 6.07 Å². The average molecular weight is 225 g/mol. The number of aryl methyl sites for hydroxylation is 1. The fraction of sp³-hybridized carbons (Fsp3) is 0.250. The average Bonchev–Trinajstić information content (AvgIpc) is 2.39. The molecule has 1 N–H and O–H groups in total. The molecule has 0 aromatic heterocycles. The lowest BCUT2D eigenvalue weighted by Gasteiger charge is -2.14. The maximum atomic E-state index is 3.50. The number of rotatable bonds is 4. The first-order valence-corrected chi connectivity index (χ1v) is 6.28. The van der Waals surface area contributed by atoms with Gasteiger partial charge in [0.2, 0.25) is 0 Å². The molecule has 0 aliphatic heterocycles. The van der Waals surface area contributed by atoms with E-state index < -0.39 is 0 Å². The standard InChI is InChI=1S/C16H19N/c1-3-13-9-8-12-16(15(13)4-2)17-14-10-6-5-7-11-14/h5-12,17H,3-4H2,1-2H3. The molecule has 0 atom stereocenters. The third-order valence-corrected chi connectivity index (χ3v) is 3.06. The van der Waals surface area contributed by atoms with Crippen molar-refractivity contribution in [2.24, 2.45) is 0 Å². The zero-order chi connectivity index (χ0) is 12.1. The summed E-state index contributed by atoms with van der Waals surface area (Å²) < 4.78 is 0. The summed E-state index contributed by atoms with van der Waals surface area (Å²) in [6, 6.07) is 16.8. The van der Waals surface area contributed by atoms with Crippen LogP contribution in [0.1, 0.15) is 25.0 Å². The highest BCUT2D eigenvalue weighted by molar-refractivity contribution is 5.64. The summed E-state index contributed by atoms with van der Waals surface area (Å²) in [6.45, 7) is 4.42. The van der Waals surface area contributed by atoms with Crippen LogP contribution in [0.25, 0.3) is 0 Å². The largest absolute Gasteiger partial charge is 0.355 e. The van der Waals surface area contributed by atoms with Gasteiger partial charge in [0, 0.05) is 11.4 Å². The second-order valence-electron chi connectivity index (χ2n) is 4.14. The Hall–Kier alpha value is -1.76. The van der Waals surface area contributed by atoms with Crippen LogP contribution in [0.5, 0.6) is 0 Å². The van der Waals surface area contributed by atoms with Gasteiger partial charge in [-0.25, -0.2) is 0 Å². The molecule has 0 aliphatic carbocycles. The summed E-state index contributed by atoms with van der Waals surface area (Å²) in [5, 5.41) is 3.50. The molecule has 0 saturated carbocycles. The first-order chi connectivity index (χ1) is 8.35. The minimum absolute atomic E-state index is 1.07. The zero-order valence-corrected chi connectivity index (χ0v) is 10.5. The molecule has 1 nitrogen and oxygen atoms in total. The van der Waals surface area contributed by atoms with E-state index in [1.165, 1.54) is 16.8 Å². The Morgan fingerprint density at radius 2 is 1.59 bits per heavy atom. The molecule has 0 bridgehead atoms. The van der Waals surface area contributed by atoms with Gasteiger partial charge in [-0.2, -0.15) is 0 Å². The number of anilines is 2. The lowest BCUT2D eigenvalue weighted by Crippen LogP contribution is -1.99. The predicted octanol–water partition coefficient (Wildman–Crippen LogP) is 4.56. The van der Waals surface area contributed by atoms with Gasteiger partial charge in [0.05, 0.1) is 0 Å². The quantitative estimate of drug-likeness (QED) is 0.804. The molecule has 88 valence electrons. The number of hydrogen-bond acceptors (Lipinski definition) is 1. The maximum absolute atomic E-state index is 3.50. The molecule has 0 amide bonds. The van der Waals surface area contributed by atoms with Crippen molar-refractivity contribution in [2.45, 2.75) is 26.7 Å². The van der Waals surface area contributed by atoms with Crippen molar-refractivity contribution in [3.05, 3.63) is 59.7 Å². The second-order valence-corrected chi connectivity index (χ2v) is 4.14. The topological polar surface area (TPSA) is 12.0 Å². The minimum atomic E-state index is 1.07. The van der Waals surface area contributed by atoms with Crippen LogP contribution in [-0.4, -0.2) is 0 Å². The van der Waals surface area contributed by atoms with E-state index in [2.05, 4.69) is 61.6 Å². The SMILES string of the molecule is CCc1cccc(Nc2ccccc2)c1CC. The van der Waals surface area contributed by atoms with Gasteiger partial charge in [-0.3, -0.25) is 0 Å². The normalized spacial score (nSPS) is 10.2. The van der Waals surface area contributed by atoms with E-state index in [0.29, 0.717) is 0 Å². The first-order valence-electron chi connectivity index (χ1n) is 6.28. The van der Waals surface area contributed by atoms with Gasteiger partial charge in [-0.1, -0.05) is 44.2 Å². The molecular weight excluding hydrogens is 206 g/mol. The number of nitrogens with one attached hydrogen (secondary N) is 1. The Kier molecular flexibility index (Phi) is 3.81. The molecule has 17 heavy (non-hydrogen) atoms. The molecule has 1 heteroatoms. The summed E-state index contributed by atoms with van der Waals surface area (Å²) in [5.74, 6) is 0. The monoisotopic (exact) mass is 225 g/mol. The third kappa shape index (κ3) is 2.68. The molecule has 0 unspecified atom stereocenters. The Morgan fingerprint density at radius 3 is 2.24 bits per heavy atom. The van der Waals surface area contributed by atoms with Crippen molar-refractivity contribution < 1.29 is 0 Å². The lowest BCUT2D eigenvalue weighted by atomic mass is 10.0. The van der Waals surface area contributed by atoms with Crippen LogP contribution in [0.4, 0.5) is 11.4 Å². The van der Waals surface area contributed by atoms with Crippen molar-refractivity contribution in [3.63, 3.8) is 0 Å². The summed E-state index contributed by atoms with van der Waals surface area (Å²) in [4.78, 5) is 0. The van der Waals surface area contributed by atoms with Gasteiger partial charge in [0.15, 0.2) is 0 Å². The fourth-order valence-corrected chi connectivity index (χ4v) is 2.18. The predicted molar refractivity (Wildman–Crippen MR) is 74.9 cm³/mol. The van der Waals surface area contributed by atoms with Gasteiger partial charge in [-0.15, -0.1) is 0 Å². The molecule has 0 spiro atoms. The van der Waals surface area contributed by atoms with Gasteiger partial charge in [0.25, 0.3) is 0 Å². The molecule has 2 rings (SSSR count). The molecule has 0 heterocycles. The summed E-state index contributed by atoms with van der Waals surface area (Å²) in [5.41, 5.74) is 5.25. The minimum Gasteiger partial charge on any atom is -0.355 e. The van der Waals surface area contributed by atoms with E-state index in [4.69, 9.17) is 0 Å². The summed E-state index contributed by atoms with van der Waals surface area (Å²) in [6.07, 6.45) is 2.16. The smallest absolute Gasteiger partial charge is 0.0419 e. The van der Waals surface area contributed by atoms with E-state index in [9.17, 15) is 0 Å². The molecular formula is C16H19N. The number of hydrogen-bond donors (Lipinski definition) is 1. The van der Waals surface area contributed by atoms with Crippen molar-refractivity contribution >= 4 is 11.4 Å². The Balaban J connectivity index is 2.33. The molecule has 0 saturated heterocycles. The van der Waals surface area contributed by atoms with Crippen molar-refractivity contribution in [3.8, 4) is 0 Å². The molecule has 2 aromatic rings. The number of para-hydroxylation sites is 1. The van der Waals surface area contributed by atoms with E-state index >= 15 is 0 Å². The molecule has 2 aromatic carbocycles. The van der Waals surface area contributed by atoms with Crippen LogP contribution in [0.3, 0.4) is 0 Å². The van der Waals surface area contributed by atoms with Crippen LogP contribution < -0.4 is 5.32 Å². The highest BCUT2D eigenvalue weighted by Crippen LogP contribution is 2.24.